The van der Waals surface area contributed by atoms with Crippen LogP contribution in [0.3, 0.4) is 0 Å². The van der Waals surface area contributed by atoms with Crippen LogP contribution in [0.4, 0.5) is 4.39 Å². The van der Waals surface area contributed by atoms with Crippen LogP contribution in [0.2, 0.25) is 0 Å². The second-order valence-corrected chi connectivity index (χ2v) is 5.13. The van der Waals surface area contributed by atoms with E-state index in [0.29, 0.717) is 0 Å². The third-order valence-corrected chi connectivity index (χ3v) is 3.91. The van der Waals surface area contributed by atoms with Crippen LogP contribution in [0.25, 0.3) is 0 Å². The number of quaternary nitrogens is 1. The van der Waals surface area contributed by atoms with Crippen LogP contribution in [0.5, 0.6) is 0 Å². The molecule has 1 N–H and O–H groups in total. The highest BCUT2D eigenvalue weighted by atomic mass is 19.1. The van der Waals surface area contributed by atoms with Gasteiger partial charge in [-0.2, -0.15) is 0 Å². The van der Waals surface area contributed by atoms with Gasteiger partial charge in [-0.1, -0.05) is 0 Å². The number of hydrogen-bond acceptors (Lipinski definition) is 0. The van der Waals surface area contributed by atoms with Gasteiger partial charge < -0.3 is 4.90 Å². The minimum atomic E-state index is -0.484. The molecule has 14 heavy (non-hydrogen) atoms. The summed E-state index contributed by atoms with van der Waals surface area (Å²) < 4.78 is 12.9. The molecule has 2 rings (SSSR count). The minimum absolute atomic E-state index is 0.484. The number of rotatable bonds is 2. The van der Waals surface area contributed by atoms with E-state index in [1.54, 1.807) is 4.90 Å². The van der Waals surface area contributed by atoms with Crippen LogP contribution in [0.1, 0.15) is 44.9 Å². The Morgan fingerprint density at radius 1 is 0.929 bits per heavy atom. The number of halogens is 1. The van der Waals surface area contributed by atoms with Crippen molar-refractivity contribution in [2.24, 2.45) is 5.92 Å². The van der Waals surface area contributed by atoms with Crippen LogP contribution in [0.15, 0.2) is 0 Å². The number of likely N-dealkylation sites (tertiary alicyclic amines) is 1. The molecule has 2 aliphatic rings. The molecule has 1 saturated heterocycles. The first-order valence-electron chi connectivity index (χ1n) is 6.32. The largest absolute Gasteiger partial charge is 0.335 e. The fourth-order valence-corrected chi connectivity index (χ4v) is 2.99. The van der Waals surface area contributed by atoms with Crippen molar-refractivity contribution in [2.45, 2.75) is 51.1 Å². The maximum absolute atomic E-state index is 12.9. The average Bonchev–Trinajstić information content (AvgIpc) is 2.23. The van der Waals surface area contributed by atoms with Gasteiger partial charge in [0.05, 0.1) is 19.6 Å². The second-order valence-electron chi connectivity index (χ2n) is 5.13. The molecule has 1 aliphatic carbocycles. The Kier molecular flexibility index (Phi) is 3.80. The Bertz CT molecular complexity index is 158. The SMILES string of the molecule is FC1CCC(C[NH+]2CCCCC2)CC1. The number of hydrogen-bond donors (Lipinski definition) is 1. The number of piperidine rings is 1. The molecule has 0 atom stereocenters. The minimum Gasteiger partial charge on any atom is -0.335 e. The van der Waals surface area contributed by atoms with Crippen molar-refractivity contribution in [3.05, 3.63) is 0 Å². The van der Waals surface area contributed by atoms with Crippen molar-refractivity contribution in [3.8, 4) is 0 Å². The molecule has 0 aromatic heterocycles. The van der Waals surface area contributed by atoms with Crippen molar-refractivity contribution < 1.29 is 9.29 Å². The van der Waals surface area contributed by atoms with Gasteiger partial charge in [-0.05, 0) is 44.9 Å². The summed E-state index contributed by atoms with van der Waals surface area (Å²) in [6.07, 6.45) is 7.72. The Labute approximate surface area is 86.7 Å². The first-order chi connectivity index (χ1) is 6.84. The van der Waals surface area contributed by atoms with E-state index < -0.39 is 6.17 Å². The van der Waals surface area contributed by atoms with Crippen LogP contribution in [0, 0.1) is 5.92 Å². The molecule has 0 aromatic carbocycles. The second kappa shape index (κ2) is 5.11. The van der Waals surface area contributed by atoms with Gasteiger partial charge in [-0.3, -0.25) is 0 Å². The molecule has 0 unspecified atom stereocenters. The summed E-state index contributed by atoms with van der Waals surface area (Å²) in [5.41, 5.74) is 0. The van der Waals surface area contributed by atoms with Gasteiger partial charge in [0.25, 0.3) is 0 Å². The van der Waals surface area contributed by atoms with Gasteiger partial charge >= 0.3 is 0 Å². The molecule has 1 aliphatic heterocycles. The molecular formula is C12H23FN+. The summed E-state index contributed by atoms with van der Waals surface area (Å²) >= 11 is 0. The fourth-order valence-electron chi connectivity index (χ4n) is 2.99. The zero-order chi connectivity index (χ0) is 9.80. The van der Waals surface area contributed by atoms with Crippen LogP contribution >= 0.6 is 0 Å². The van der Waals surface area contributed by atoms with E-state index >= 15 is 0 Å². The molecular weight excluding hydrogens is 177 g/mol. The summed E-state index contributed by atoms with van der Waals surface area (Å²) in [6.45, 7) is 4.07. The maximum Gasteiger partial charge on any atom is 0.100 e. The van der Waals surface area contributed by atoms with E-state index in [4.69, 9.17) is 0 Å². The van der Waals surface area contributed by atoms with Gasteiger partial charge in [0.2, 0.25) is 0 Å². The van der Waals surface area contributed by atoms with Crippen molar-refractivity contribution in [1.82, 2.24) is 0 Å². The van der Waals surface area contributed by atoms with E-state index in [-0.39, 0.29) is 0 Å². The summed E-state index contributed by atoms with van der Waals surface area (Å²) in [5.74, 6) is 0.829. The maximum atomic E-state index is 12.9. The quantitative estimate of drug-likeness (QED) is 0.690. The van der Waals surface area contributed by atoms with E-state index in [0.717, 1.165) is 31.6 Å². The van der Waals surface area contributed by atoms with E-state index in [1.807, 2.05) is 0 Å². The predicted molar refractivity (Wildman–Crippen MR) is 56.3 cm³/mol. The lowest BCUT2D eigenvalue weighted by molar-refractivity contribution is -0.908. The molecule has 0 radical (unpaired) electrons. The molecule has 82 valence electrons. The molecule has 0 amide bonds. The third kappa shape index (κ3) is 2.94. The van der Waals surface area contributed by atoms with Gasteiger partial charge in [-0.15, -0.1) is 0 Å². The Hall–Kier alpha value is -0.110. The van der Waals surface area contributed by atoms with Crippen LogP contribution in [-0.2, 0) is 0 Å². The number of nitrogens with one attached hydrogen (secondary N) is 1. The fraction of sp³-hybridized carbons (Fsp3) is 1.00. The predicted octanol–water partition coefficient (Wildman–Crippen LogP) is 1.58. The zero-order valence-corrected chi connectivity index (χ0v) is 9.10. The molecule has 1 saturated carbocycles. The monoisotopic (exact) mass is 200 g/mol. The lowest BCUT2D eigenvalue weighted by Crippen LogP contribution is -3.13. The van der Waals surface area contributed by atoms with Crippen molar-refractivity contribution in [1.29, 1.82) is 0 Å². The zero-order valence-electron chi connectivity index (χ0n) is 9.10. The van der Waals surface area contributed by atoms with E-state index in [1.165, 1.54) is 38.9 Å². The average molecular weight is 200 g/mol. The van der Waals surface area contributed by atoms with Gasteiger partial charge in [-0.25, -0.2) is 4.39 Å². The molecule has 0 aromatic rings. The molecule has 0 spiro atoms. The smallest absolute Gasteiger partial charge is 0.100 e. The summed E-state index contributed by atoms with van der Waals surface area (Å²) in [6, 6.07) is 0. The summed E-state index contributed by atoms with van der Waals surface area (Å²) in [5, 5.41) is 0. The molecule has 0 bridgehead atoms. The Morgan fingerprint density at radius 2 is 1.57 bits per heavy atom. The van der Waals surface area contributed by atoms with Crippen molar-refractivity contribution in [3.63, 3.8) is 0 Å². The standard InChI is InChI=1S/C12H22FN/c13-12-6-4-11(5-7-12)10-14-8-2-1-3-9-14/h11-12H,1-10H2/p+1. The normalized spacial score (nSPS) is 35.8. The Morgan fingerprint density at radius 3 is 2.21 bits per heavy atom. The Balaban J connectivity index is 1.68. The first-order valence-corrected chi connectivity index (χ1v) is 6.32. The highest BCUT2D eigenvalue weighted by Gasteiger charge is 2.25. The summed E-state index contributed by atoms with van der Waals surface area (Å²) in [7, 11) is 0. The van der Waals surface area contributed by atoms with Gasteiger partial charge in [0.1, 0.15) is 6.17 Å². The highest BCUT2D eigenvalue weighted by Crippen LogP contribution is 2.25. The molecule has 1 heterocycles. The van der Waals surface area contributed by atoms with E-state index in [9.17, 15) is 4.39 Å². The molecule has 1 nitrogen and oxygen atoms in total. The van der Waals surface area contributed by atoms with E-state index in [2.05, 4.69) is 0 Å². The topological polar surface area (TPSA) is 4.44 Å². The third-order valence-electron chi connectivity index (χ3n) is 3.91. The van der Waals surface area contributed by atoms with Crippen molar-refractivity contribution >= 4 is 0 Å². The van der Waals surface area contributed by atoms with Gasteiger partial charge in [0, 0.05) is 5.92 Å². The van der Waals surface area contributed by atoms with Crippen LogP contribution in [-0.4, -0.2) is 25.8 Å². The lowest BCUT2D eigenvalue weighted by atomic mass is 9.87. The van der Waals surface area contributed by atoms with Crippen molar-refractivity contribution in [2.75, 3.05) is 19.6 Å². The van der Waals surface area contributed by atoms with Gasteiger partial charge in [0.15, 0.2) is 0 Å². The molecule has 2 fully saturated rings. The lowest BCUT2D eigenvalue weighted by Gasteiger charge is -2.30. The number of alkyl halides is 1. The first kappa shape index (κ1) is 10.4. The molecule has 2 heteroatoms. The highest BCUT2D eigenvalue weighted by molar-refractivity contribution is 4.71. The van der Waals surface area contributed by atoms with Crippen LogP contribution < -0.4 is 4.90 Å². The summed E-state index contributed by atoms with van der Waals surface area (Å²) in [4.78, 5) is 1.79.